The van der Waals surface area contributed by atoms with Gasteiger partial charge in [0.2, 0.25) is 5.88 Å². The summed E-state index contributed by atoms with van der Waals surface area (Å²) in [5, 5.41) is 0.359. The minimum atomic E-state index is -0.0506. The smallest absolute Gasteiger partial charge is 0.255 e. The lowest BCUT2D eigenvalue weighted by Gasteiger charge is -2.33. The average molecular weight is 349 g/mol. The molecule has 1 amide bonds. The van der Waals surface area contributed by atoms with Crippen LogP contribution in [0.5, 0.6) is 5.88 Å². The van der Waals surface area contributed by atoms with Crippen LogP contribution < -0.4 is 4.74 Å². The summed E-state index contributed by atoms with van der Waals surface area (Å²) >= 11 is 6.20. The van der Waals surface area contributed by atoms with Crippen LogP contribution in [0.1, 0.15) is 43.1 Å². The quantitative estimate of drug-likeness (QED) is 0.851. The molecule has 7 heteroatoms. The molecule has 0 radical (unpaired) electrons. The Morgan fingerprint density at radius 1 is 1.46 bits per heavy atom. The van der Waals surface area contributed by atoms with Crippen molar-refractivity contribution in [3.63, 3.8) is 0 Å². The Kier molecular flexibility index (Phi) is 5.04. The maximum atomic E-state index is 12.8. The number of amides is 1. The first-order chi connectivity index (χ1) is 11.5. The number of carbonyl (C=O) groups is 1. The van der Waals surface area contributed by atoms with E-state index >= 15 is 0 Å². The summed E-state index contributed by atoms with van der Waals surface area (Å²) in [4.78, 5) is 22.9. The van der Waals surface area contributed by atoms with Gasteiger partial charge in [-0.1, -0.05) is 11.6 Å². The number of halogens is 1. The predicted molar refractivity (Wildman–Crippen MR) is 91.4 cm³/mol. The predicted octanol–water partition coefficient (Wildman–Crippen LogP) is 3.20. The monoisotopic (exact) mass is 348 g/mol. The molecule has 2 aromatic rings. The summed E-state index contributed by atoms with van der Waals surface area (Å²) in [6, 6.07) is 1.90. The maximum absolute atomic E-state index is 12.8. The molecule has 1 atom stereocenters. The van der Waals surface area contributed by atoms with E-state index in [9.17, 15) is 4.79 Å². The largest absolute Gasteiger partial charge is 0.474 e. The van der Waals surface area contributed by atoms with Gasteiger partial charge in [-0.25, -0.2) is 9.97 Å². The standard InChI is InChI=1S/C17H21ClN4O2/c1-12(2)24-16-15(18)8-13(9-20-16)17(23)21-6-3-4-14(10-21)22-7-5-19-11-22/h5,7-9,11-12,14H,3-4,6,10H2,1-2H3/t14-/m1/s1. The first-order valence-corrected chi connectivity index (χ1v) is 8.51. The summed E-state index contributed by atoms with van der Waals surface area (Å²) in [6.07, 6.45) is 9.02. The second kappa shape index (κ2) is 7.21. The molecule has 0 unspecified atom stereocenters. The molecule has 1 fully saturated rings. The SMILES string of the molecule is CC(C)Oc1ncc(C(=O)N2CCC[C@@H](n3ccnc3)C2)cc1Cl. The minimum absolute atomic E-state index is 0.0189. The lowest BCUT2D eigenvalue weighted by Crippen LogP contribution is -2.40. The molecule has 24 heavy (non-hydrogen) atoms. The highest BCUT2D eigenvalue weighted by Crippen LogP contribution is 2.26. The summed E-state index contributed by atoms with van der Waals surface area (Å²) < 4.78 is 7.57. The van der Waals surface area contributed by atoms with Gasteiger partial charge in [0.25, 0.3) is 5.91 Å². The molecule has 1 aliphatic rings. The fraction of sp³-hybridized carbons (Fsp3) is 0.471. The number of piperidine rings is 1. The Morgan fingerprint density at radius 2 is 2.29 bits per heavy atom. The van der Waals surface area contributed by atoms with Gasteiger partial charge in [-0.3, -0.25) is 4.79 Å². The number of nitrogens with zero attached hydrogens (tertiary/aromatic N) is 4. The van der Waals surface area contributed by atoms with E-state index in [4.69, 9.17) is 16.3 Å². The van der Waals surface area contributed by atoms with E-state index in [1.54, 1.807) is 18.6 Å². The van der Waals surface area contributed by atoms with Gasteiger partial charge in [0.15, 0.2) is 0 Å². The number of aromatic nitrogens is 3. The Hall–Kier alpha value is -2.08. The number of ether oxygens (including phenoxy) is 1. The van der Waals surface area contributed by atoms with Gasteiger partial charge >= 0.3 is 0 Å². The number of hydrogen-bond donors (Lipinski definition) is 0. The van der Waals surface area contributed by atoms with Crippen molar-refractivity contribution in [1.82, 2.24) is 19.4 Å². The number of likely N-dealkylation sites (tertiary alicyclic amines) is 1. The van der Waals surface area contributed by atoms with E-state index < -0.39 is 0 Å². The van der Waals surface area contributed by atoms with Crippen molar-refractivity contribution in [1.29, 1.82) is 0 Å². The fourth-order valence-electron chi connectivity index (χ4n) is 2.90. The van der Waals surface area contributed by atoms with E-state index in [-0.39, 0.29) is 18.1 Å². The number of pyridine rings is 1. The minimum Gasteiger partial charge on any atom is -0.474 e. The van der Waals surface area contributed by atoms with Crippen LogP contribution in [0.15, 0.2) is 31.0 Å². The van der Waals surface area contributed by atoms with Crippen molar-refractivity contribution >= 4 is 17.5 Å². The third-order valence-electron chi connectivity index (χ3n) is 4.03. The van der Waals surface area contributed by atoms with Gasteiger partial charge in [-0.15, -0.1) is 0 Å². The van der Waals surface area contributed by atoms with Gasteiger partial charge in [0, 0.05) is 31.7 Å². The molecular weight excluding hydrogens is 328 g/mol. The zero-order valence-electron chi connectivity index (χ0n) is 13.9. The van der Waals surface area contributed by atoms with Crippen molar-refractivity contribution in [3.8, 4) is 5.88 Å². The second-order valence-corrected chi connectivity index (χ2v) is 6.64. The third-order valence-corrected chi connectivity index (χ3v) is 4.30. The molecule has 2 aromatic heterocycles. The van der Waals surface area contributed by atoms with Gasteiger partial charge in [0.1, 0.15) is 5.02 Å². The number of hydrogen-bond acceptors (Lipinski definition) is 4. The molecular formula is C17H21ClN4O2. The zero-order valence-corrected chi connectivity index (χ0v) is 14.6. The molecule has 0 aliphatic carbocycles. The maximum Gasteiger partial charge on any atom is 0.255 e. The molecule has 0 bridgehead atoms. The number of rotatable bonds is 4. The lowest BCUT2D eigenvalue weighted by molar-refractivity contribution is 0.0679. The topological polar surface area (TPSA) is 60.2 Å². The summed E-state index contributed by atoms with van der Waals surface area (Å²) in [5.74, 6) is 0.309. The lowest BCUT2D eigenvalue weighted by atomic mass is 10.0. The van der Waals surface area contributed by atoms with Crippen LogP contribution in [-0.4, -0.2) is 44.5 Å². The van der Waals surface area contributed by atoms with Crippen LogP contribution in [0.25, 0.3) is 0 Å². The molecule has 0 spiro atoms. The molecule has 0 aromatic carbocycles. The van der Waals surface area contributed by atoms with Crippen LogP contribution >= 0.6 is 11.6 Å². The molecule has 0 N–H and O–H groups in total. The average Bonchev–Trinajstić information content (AvgIpc) is 3.10. The van der Waals surface area contributed by atoms with Crippen LogP contribution in [0.4, 0.5) is 0 Å². The van der Waals surface area contributed by atoms with Crippen molar-refractivity contribution in [2.45, 2.75) is 38.8 Å². The normalized spacial score (nSPS) is 18.0. The van der Waals surface area contributed by atoms with E-state index in [2.05, 4.69) is 14.5 Å². The van der Waals surface area contributed by atoms with Gasteiger partial charge in [-0.05, 0) is 32.8 Å². The molecule has 3 heterocycles. The first-order valence-electron chi connectivity index (χ1n) is 8.13. The van der Waals surface area contributed by atoms with E-state index in [0.29, 0.717) is 23.0 Å². The van der Waals surface area contributed by atoms with Crippen molar-refractivity contribution in [2.24, 2.45) is 0 Å². The van der Waals surface area contributed by atoms with Crippen molar-refractivity contribution in [2.75, 3.05) is 13.1 Å². The Bertz CT molecular complexity index is 703. The Labute approximate surface area is 146 Å². The molecule has 0 saturated carbocycles. The summed E-state index contributed by atoms with van der Waals surface area (Å²) in [5.41, 5.74) is 0.488. The number of carbonyl (C=O) groups excluding carboxylic acids is 1. The summed E-state index contributed by atoms with van der Waals surface area (Å²) in [6.45, 7) is 5.21. The van der Waals surface area contributed by atoms with Gasteiger partial charge in [-0.2, -0.15) is 0 Å². The molecule has 1 saturated heterocycles. The zero-order chi connectivity index (χ0) is 17.1. The molecule has 6 nitrogen and oxygen atoms in total. The van der Waals surface area contributed by atoms with Crippen LogP contribution in [0, 0.1) is 0 Å². The second-order valence-electron chi connectivity index (χ2n) is 6.23. The molecule has 1 aliphatic heterocycles. The van der Waals surface area contributed by atoms with E-state index in [1.165, 1.54) is 6.20 Å². The molecule has 128 valence electrons. The van der Waals surface area contributed by atoms with E-state index in [1.807, 2.05) is 24.9 Å². The highest BCUT2D eigenvalue weighted by atomic mass is 35.5. The number of imidazole rings is 1. The van der Waals surface area contributed by atoms with Crippen LogP contribution in [-0.2, 0) is 0 Å². The first kappa shape index (κ1) is 16.8. The van der Waals surface area contributed by atoms with Crippen molar-refractivity contribution in [3.05, 3.63) is 41.6 Å². The van der Waals surface area contributed by atoms with E-state index in [0.717, 1.165) is 19.4 Å². The highest BCUT2D eigenvalue weighted by molar-refractivity contribution is 6.32. The van der Waals surface area contributed by atoms with Crippen LogP contribution in [0.2, 0.25) is 5.02 Å². The molecule has 3 rings (SSSR count). The van der Waals surface area contributed by atoms with Gasteiger partial charge < -0.3 is 14.2 Å². The van der Waals surface area contributed by atoms with Gasteiger partial charge in [0.05, 0.1) is 24.0 Å². The van der Waals surface area contributed by atoms with Crippen LogP contribution in [0.3, 0.4) is 0 Å². The van der Waals surface area contributed by atoms with Crippen molar-refractivity contribution < 1.29 is 9.53 Å². The fourth-order valence-corrected chi connectivity index (χ4v) is 3.11. The third kappa shape index (κ3) is 3.70. The highest BCUT2D eigenvalue weighted by Gasteiger charge is 2.26. The summed E-state index contributed by atoms with van der Waals surface area (Å²) in [7, 11) is 0. The Balaban J connectivity index is 1.72. The Morgan fingerprint density at radius 3 is 2.96 bits per heavy atom.